The van der Waals surface area contributed by atoms with Gasteiger partial charge in [0.1, 0.15) is 19.3 Å². The van der Waals surface area contributed by atoms with Gasteiger partial charge < -0.3 is 33.8 Å². The van der Waals surface area contributed by atoms with Crippen LogP contribution >= 0.6 is 15.6 Å². The number of aliphatic hydroxyl groups is 1. The number of phosphoric acid groups is 2. The maximum atomic E-state index is 13.1. The second kappa shape index (κ2) is 74.2. The van der Waals surface area contributed by atoms with Crippen LogP contribution in [0.5, 0.6) is 0 Å². The molecular formula is C84H164O17P2. The van der Waals surface area contributed by atoms with Gasteiger partial charge in [-0.15, -0.1) is 0 Å². The zero-order valence-electron chi connectivity index (χ0n) is 67.8. The van der Waals surface area contributed by atoms with Crippen LogP contribution in [-0.4, -0.2) is 96.7 Å². The molecule has 0 spiro atoms. The molecule has 3 unspecified atom stereocenters. The minimum absolute atomic E-state index is 0.106. The van der Waals surface area contributed by atoms with Crippen LogP contribution in [0.25, 0.3) is 0 Å². The molecule has 3 N–H and O–H groups in total. The smallest absolute Gasteiger partial charge is 0.462 e. The van der Waals surface area contributed by atoms with Crippen molar-refractivity contribution in [3.05, 3.63) is 0 Å². The van der Waals surface area contributed by atoms with Gasteiger partial charge in [-0.05, 0) is 43.4 Å². The van der Waals surface area contributed by atoms with E-state index in [9.17, 15) is 43.2 Å². The Kier molecular flexibility index (Phi) is 72.8. The molecule has 0 rings (SSSR count). The summed E-state index contributed by atoms with van der Waals surface area (Å²) in [5.41, 5.74) is 0. The first-order valence-electron chi connectivity index (χ1n) is 43.4. The van der Waals surface area contributed by atoms with E-state index in [1.807, 2.05) is 0 Å². The number of ether oxygens (including phenoxy) is 4. The van der Waals surface area contributed by atoms with Gasteiger partial charge in [0.15, 0.2) is 12.2 Å². The second-order valence-corrected chi connectivity index (χ2v) is 34.3. The summed E-state index contributed by atoms with van der Waals surface area (Å²) in [6.45, 7) is 12.0. The lowest BCUT2D eigenvalue weighted by atomic mass is 9.99. The molecule has 17 nitrogen and oxygen atoms in total. The van der Waals surface area contributed by atoms with Crippen molar-refractivity contribution in [1.29, 1.82) is 0 Å². The Morgan fingerprint density at radius 3 is 0.738 bits per heavy atom. The van der Waals surface area contributed by atoms with Crippen molar-refractivity contribution in [3.8, 4) is 0 Å². The van der Waals surface area contributed by atoms with Crippen LogP contribution in [0.2, 0.25) is 0 Å². The fourth-order valence-corrected chi connectivity index (χ4v) is 14.6. The van der Waals surface area contributed by atoms with Crippen LogP contribution in [0.1, 0.15) is 440 Å². The highest BCUT2D eigenvalue weighted by molar-refractivity contribution is 7.47. The van der Waals surface area contributed by atoms with Crippen LogP contribution < -0.4 is 0 Å². The van der Waals surface area contributed by atoms with Gasteiger partial charge in [0.05, 0.1) is 26.4 Å². The Balaban J connectivity index is 5.27. The number of phosphoric ester groups is 2. The Morgan fingerprint density at radius 2 is 0.495 bits per heavy atom. The molecule has 0 bridgehead atoms. The number of hydrogen-bond acceptors (Lipinski definition) is 15. The number of carbonyl (C=O) groups is 4. The molecule has 0 aromatic heterocycles. The van der Waals surface area contributed by atoms with Crippen LogP contribution in [0.4, 0.5) is 0 Å². The molecule has 0 amide bonds. The van der Waals surface area contributed by atoms with E-state index < -0.39 is 97.5 Å². The van der Waals surface area contributed by atoms with Crippen molar-refractivity contribution >= 4 is 39.5 Å². The van der Waals surface area contributed by atoms with Gasteiger partial charge in [0.25, 0.3) is 0 Å². The summed E-state index contributed by atoms with van der Waals surface area (Å²) in [5.74, 6) is 0.265. The van der Waals surface area contributed by atoms with Crippen molar-refractivity contribution < 1.29 is 80.2 Å². The van der Waals surface area contributed by atoms with Gasteiger partial charge in [-0.1, -0.05) is 389 Å². The second-order valence-electron chi connectivity index (χ2n) is 31.4. The average Bonchev–Trinajstić information content (AvgIpc) is 0.918. The van der Waals surface area contributed by atoms with Crippen LogP contribution in [0.3, 0.4) is 0 Å². The first-order valence-corrected chi connectivity index (χ1v) is 46.4. The van der Waals surface area contributed by atoms with Crippen LogP contribution in [-0.2, 0) is 65.4 Å². The molecule has 19 heteroatoms. The number of unbranched alkanes of at least 4 members (excludes halogenated alkanes) is 49. The molecule has 0 aliphatic heterocycles. The van der Waals surface area contributed by atoms with Gasteiger partial charge in [0.2, 0.25) is 0 Å². The Labute approximate surface area is 632 Å². The van der Waals surface area contributed by atoms with E-state index in [0.29, 0.717) is 25.7 Å². The molecule has 0 aliphatic carbocycles. The summed E-state index contributed by atoms with van der Waals surface area (Å²) in [6, 6.07) is 0. The average molecular weight is 1510 g/mol. The lowest BCUT2D eigenvalue weighted by Crippen LogP contribution is -2.30. The normalized spacial score (nSPS) is 14.2. The molecule has 612 valence electrons. The molecule has 0 fully saturated rings. The minimum atomic E-state index is -4.97. The maximum absolute atomic E-state index is 13.1. The molecule has 0 saturated heterocycles. The van der Waals surface area contributed by atoms with Crippen molar-refractivity contribution in [2.75, 3.05) is 39.6 Å². The topological polar surface area (TPSA) is 237 Å². The van der Waals surface area contributed by atoms with Crippen LogP contribution in [0.15, 0.2) is 0 Å². The third-order valence-corrected chi connectivity index (χ3v) is 21.9. The van der Waals surface area contributed by atoms with E-state index in [1.54, 1.807) is 0 Å². The third-order valence-electron chi connectivity index (χ3n) is 20.0. The molecule has 0 aliphatic rings. The monoisotopic (exact) mass is 1510 g/mol. The largest absolute Gasteiger partial charge is 0.472 e. The SMILES string of the molecule is CCCCCCCCCCCCCCCCCCCC(=O)OC[C@H](COP(=O)(O)OC[C@@H](O)COP(=O)(O)OC[C@@H](COC(=O)CCCCCCCCCCCCC(C)C)OC(=O)CCCCCCCCCCCCC(C)CC)OC(=O)CCCCCCCCCCCCCCCCCCC(C)C. The summed E-state index contributed by atoms with van der Waals surface area (Å²) in [6.07, 6.45) is 63.7. The zero-order chi connectivity index (χ0) is 75.8. The van der Waals surface area contributed by atoms with Crippen molar-refractivity contribution in [2.24, 2.45) is 17.8 Å². The highest BCUT2D eigenvalue weighted by atomic mass is 31.2. The summed E-state index contributed by atoms with van der Waals surface area (Å²) in [7, 11) is -9.93. The first kappa shape index (κ1) is 101. The van der Waals surface area contributed by atoms with E-state index >= 15 is 0 Å². The predicted octanol–water partition coefficient (Wildman–Crippen LogP) is 25.3. The number of aliphatic hydroxyl groups excluding tert-OH is 1. The summed E-state index contributed by atoms with van der Waals surface area (Å²) in [5, 5.41) is 10.7. The number of carbonyl (C=O) groups excluding carboxylic acids is 4. The van der Waals surface area contributed by atoms with Gasteiger partial charge >= 0.3 is 39.5 Å². The molecule has 103 heavy (non-hydrogen) atoms. The highest BCUT2D eigenvalue weighted by Gasteiger charge is 2.30. The molecule has 0 radical (unpaired) electrons. The Hall–Kier alpha value is -1.94. The van der Waals surface area contributed by atoms with Gasteiger partial charge in [-0.25, -0.2) is 9.13 Å². The standard InChI is InChI=1S/C84H164O17P2/c1-8-10-11-12-13-14-15-16-17-18-22-25-28-37-44-51-58-65-81(86)94-71-79(100-83(88)67-60-53-46-39-29-26-23-20-19-21-24-27-34-41-48-55-62-75(3)4)73-98-102(90,91)96-69-78(85)70-97-103(92,93)99-74-80(72-95-82(87)66-59-52-45-38-32-30-35-42-49-56-63-76(5)6)101-84(89)68-61-54-47-40-33-31-36-43-50-57-64-77(7)9-2/h75-80,85H,8-74H2,1-7H3,(H,90,91)(H,92,93)/t77?,78-,79-,80-/m1/s1. The van der Waals surface area contributed by atoms with Gasteiger partial charge in [0, 0.05) is 25.7 Å². The Morgan fingerprint density at radius 1 is 0.282 bits per heavy atom. The lowest BCUT2D eigenvalue weighted by molar-refractivity contribution is -0.161. The van der Waals surface area contributed by atoms with E-state index in [4.69, 9.17) is 37.0 Å². The predicted molar refractivity (Wildman–Crippen MR) is 423 cm³/mol. The zero-order valence-corrected chi connectivity index (χ0v) is 69.6. The lowest BCUT2D eigenvalue weighted by Gasteiger charge is -2.21. The maximum Gasteiger partial charge on any atom is 0.472 e. The number of hydrogen-bond donors (Lipinski definition) is 3. The molecule has 6 atom stereocenters. The Bertz CT molecular complexity index is 1990. The van der Waals surface area contributed by atoms with Crippen molar-refractivity contribution in [2.45, 2.75) is 458 Å². The van der Waals surface area contributed by atoms with Crippen molar-refractivity contribution in [1.82, 2.24) is 0 Å². The fourth-order valence-electron chi connectivity index (χ4n) is 13.0. The fraction of sp³-hybridized carbons (Fsp3) is 0.952. The number of esters is 4. The van der Waals surface area contributed by atoms with Crippen molar-refractivity contribution in [3.63, 3.8) is 0 Å². The van der Waals surface area contributed by atoms with E-state index in [1.165, 1.54) is 250 Å². The van der Waals surface area contributed by atoms with Crippen LogP contribution in [0, 0.1) is 17.8 Å². The molecular weight excluding hydrogens is 1340 g/mol. The summed E-state index contributed by atoms with van der Waals surface area (Å²) >= 11 is 0. The molecule has 0 heterocycles. The van der Waals surface area contributed by atoms with Gasteiger partial charge in [-0.2, -0.15) is 0 Å². The summed E-state index contributed by atoms with van der Waals surface area (Å²) < 4.78 is 68.9. The summed E-state index contributed by atoms with van der Waals surface area (Å²) in [4.78, 5) is 73.2. The molecule has 0 aromatic rings. The first-order chi connectivity index (χ1) is 49.8. The van der Waals surface area contributed by atoms with Gasteiger partial charge in [-0.3, -0.25) is 37.3 Å². The molecule has 0 aromatic carbocycles. The van der Waals surface area contributed by atoms with E-state index in [0.717, 1.165) is 108 Å². The third kappa shape index (κ3) is 76.6. The quantitative estimate of drug-likeness (QED) is 0.0222. The van der Waals surface area contributed by atoms with E-state index in [-0.39, 0.29) is 25.7 Å². The molecule has 0 saturated carbocycles. The minimum Gasteiger partial charge on any atom is -0.462 e. The van der Waals surface area contributed by atoms with E-state index in [2.05, 4.69) is 48.5 Å². The number of rotatable bonds is 82. The highest BCUT2D eigenvalue weighted by Crippen LogP contribution is 2.45.